The number of hydrogen-bond acceptors (Lipinski definition) is 7. The lowest BCUT2D eigenvalue weighted by molar-refractivity contribution is -0.137. The van der Waals surface area contributed by atoms with Crippen LogP contribution < -0.4 is 28.7 Å². The Morgan fingerprint density at radius 3 is 1.31 bits per heavy atom. The molecule has 0 aliphatic heterocycles. The lowest BCUT2D eigenvalue weighted by Crippen LogP contribution is -2.27. The summed E-state index contributed by atoms with van der Waals surface area (Å²) in [7, 11) is 0. The molecule has 9 nitrogen and oxygen atoms in total. The second-order valence-electron chi connectivity index (χ2n) is 1.39. The van der Waals surface area contributed by atoms with Crippen LogP contribution >= 0.6 is 0 Å². The third-order valence-electron chi connectivity index (χ3n) is 0.552. The Hall–Kier alpha value is -1.26. The van der Waals surface area contributed by atoms with Gasteiger partial charge >= 0.3 is 11.9 Å². The number of rotatable bonds is 4. The number of carboxylic acids is 2. The number of carboxylic acid groups (broad SMARTS) is 2. The maximum Gasteiger partial charge on any atom is 0.317 e. The van der Waals surface area contributed by atoms with Crippen molar-refractivity contribution in [2.24, 2.45) is 23.4 Å². The molecule has 0 rings (SSSR count). The number of hydrazine groups is 2. The van der Waals surface area contributed by atoms with Crippen molar-refractivity contribution >= 4 is 11.9 Å². The Bertz CT molecular complexity index is 116. The zero-order valence-corrected chi connectivity index (χ0v) is 6.93. The first-order chi connectivity index (χ1) is 6.13. The smallest absolute Gasteiger partial charge is 0.317 e. The average molecular weight is 197 g/mol. The van der Waals surface area contributed by atoms with E-state index in [9.17, 15) is 9.59 Å². The molecule has 0 saturated heterocycles. The Labute approximate surface area is 74.6 Å². The van der Waals surface area contributed by atoms with Crippen molar-refractivity contribution in [1.29, 1.82) is 0 Å². The fraction of sp³-hybridized carbons (Fsp3) is 0.500. The number of aliphatic carboxylic acids is 2. The van der Waals surface area contributed by atoms with Gasteiger partial charge in [-0.1, -0.05) is 0 Å². The summed E-state index contributed by atoms with van der Waals surface area (Å²) in [5.74, 6) is 13.9. The first-order valence-corrected chi connectivity index (χ1v) is 2.94. The lowest BCUT2D eigenvalue weighted by Gasteiger charge is -1.93. The SMILES string of the molecule is NN.NN.O=C(O)CNCC(=O)O. The summed E-state index contributed by atoms with van der Waals surface area (Å²) >= 11 is 0. The normalized spacial score (nSPS) is 7.08. The molecule has 0 radical (unpaired) electrons. The molecular formula is C4H15N5O4. The van der Waals surface area contributed by atoms with E-state index in [2.05, 4.69) is 28.7 Å². The van der Waals surface area contributed by atoms with Crippen molar-refractivity contribution in [3.63, 3.8) is 0 Å². The van der Waals surface area contributed by atoms with Crippen LogP contribution in [0.5, 0.6) is 0 Å². The van der Waals surface area contributed by atoms with E-state index in [1.165, 1.54) is 0 Å². The average Bonchev–Trinajstić information content (AvgIpc) is 2.10. The molecule has 0 heterocycles. The van der Waals surface area contributed by atoms with Crippen LogP contribution in [0.1, 0.15) is 0 Å². The molecule has 0 aromatic carbocycles. The quantitative estimate of drug-likeness (QED) is 0.176. The Morgan fingerprint density at radius 2 is 1.15 bits per heavy atom. The fourth-order valence-corrected chi connectivity index (χ4v) is 0.276. The highest BCUT2D eigenvalue weighted by atomic mass is 16.4. The van der Waals surface area contributed by atoms with E-state index in [0.29, 0.717) is 0 Å². The van der Waals surface area contributed by atoms with Gasteiger partial charge in [0.15, 0.2) is 0 Å². The Kier molecular flexibility index (Phi) is 23.2. The molecular weight excluding hydrogens is 182 g/mol. The maximum atomic E-state index is 9.73. The van der Waals surface area contributed by atoms with Crippen molar-refractivity contribution in [2.75, 3.05) is 13.1 Å². The van der Waals surface area contributed by atoms with Crippen LogP contribution in [0.15, 0.2) is 0 Å². The first-order valence-electron chi connectivity index (χ1n) is 2.94. The molecule has 0 fully saturated rings. The molecule has 13 heavy (non-hydrogen) atoms. The van der Waals surface area contributed by atoms with E-state index in [1.54, 1.807) is 0 Å². The van der Waals surface area contributed by atoms with Crippen molar-refractivity contribution in [3.8, 4) is 0 Å². The summed E-state index contributed by atoms with van der Waals surface area (Å²) in [5, 5.41) is 18.1. The summed E-state index contributed by atoms with van der Waals surface area (Å²) in [4.78, 5) is 19.5. The summed E-state index contributed by atoms with van der Waals surface area (Å²) < 4.78 is 0. The predicted molar refractivity (Wildman–Crippen MR) is 44.9 cm³/mol. The van der Waals surface area contributed by atoms with Crippen LogP contribution in [0.3, 0.4) is 0 Å². The van der Waals surface area contributed by atoms with Crippen molar-refractivity contribution < 1.29 is 19.8 Å². The summed E-state index contributed by atoms with van der Waals surface area (Å²) in [6.07, 6.45) is 0. The van der Waals surface area contributed by atoms with E-state index in [0.717, 1.165) is 0 Å². The van der Waals surface area contributed by atoms with Gasteiger partial charge in [0, 0.05) is 0 Å². The van der Waals surface area contributed by atoms with E-state index in [4.69, 9.17) is 10.2 Å². The van der Waals surface area contributed by atoms with Crippen molar-refractivity contribution in [3.05, 3.63) is 0 Å². The predicted octanol–water partition coefficient (Wildman–Crippen LogP) is -3.62. The van der Waals surface area contributed by atoms with Crippen LogP contribution in [-0.4, -0.2) is 35.2 Å². The van der Waals surface area contributed by atoms with E-state index >= 15 is 0 Å². The lowest BCUT2D eigenvalue weighted by atomic mass is 10.6. The highest BCUT2D eigenvalue weighted by molar-refractivity contribution is 5.72. The summed E-state index contributed by atoms with van der Waals surface area (Å²) in [6.45, 7) is -0.626. The maximum absolute atomic E-state index is 9.73. The molecule has 0 atom stereocenters. The minimum Gasteiger partial charge on any atom is -0.480 e. The molecule has 0 amide bonds. The molecule has 11 N–H and O–H groups in total. The number of nitrogens with one attached hydrogen (secondary N) is 1. The molecule has 0 aliphatic rings. The molecule has 80 valence electrons. The van der Waals surface area contributed by atoms with Gasteiger partial charge in [-0.15, -0.1) is 0 Å². The molecule has 0 saturated carbocycles. The topological polar surface area (TPSA) is 191 Å². The monoisotopic (exact) mass is 197 g/mol. The summed E-state index contributed by atoms with van der Waals surface area (Å²) in [6, 6.07) is 0. The van der Waals surface area contributed by atoms with Crippen LogP contribution in [-0.2, 0) is 9.59 Å². The van der Waals surface area contributed by atoms with Crippen LogP contribution in [0.25, 0.3) is 0 Å². The number of carbonyl (C=O) groups is 2. The molecule has 0 aliphatic carbocycles. The van der Waals surface area contributed by atoms with Gasteiger partial charge in [-0.3, -0.25) is 38.3 Å². The van der Waals surface area contributed by atoms with Gasteiger partial charge in [-0.05, 0) is 0 Å². The Morgan fingerprint density at radius 1 is 0.923 bits per heavy atom. The highest BCUT2D eigenvalue weighted by Crippen LogP contribution is 1.61. The van der Waals surface area contributed by atoms with Gasteiger partial charge in [0.05, 0.1) is 13.1 Å². The fourth-order valence-electron chi connectivity index (χ4n) is 0.276. The molecule has 0 unspecified atom stereocenters. The van der Waals surface area contributed by atoms with Crippen molar-refractivity contribution in [2.45, 2.75) is 0 Å². The molecule has 9 heteroatoms. The second kappa shape index (κ2) is 17.0. The zero-order chi connectivity index (χ0) is 11.3. The standard InChI is InChI=1S/C4H7NO4.2H4N2/c6-3(7)1-5-2-4(8)9;2*1-2/h5H,1-2H2,(H,6,7)(H,8,9);2*1-2H2. The van der Waals surface area contributed by atoms with E-state index in [1.807, 2.05) is 0 Å². The third-order valence-corrected chi connectivity index (χ3v) is 0.552. The van der Waals surface area contributed by atoms with E-state index in [-0.39, 0.29) is 13.1 Å². The van der Waals surface area contributed by atoms with Gasteiger partial charge in [0.1, 0.15) is 0 Å². The highest BCUT2D eigenvalue weighted by Gasteiger charge is 1.97. The number of nitrogens with two attached hydrogens (primary N) is 4. The van der Waals surface area contributed by atoms with Gasteiger partial charge in [0.25, 0.3) is 0 Å². The molecule has 0 aromatic heterocycles. The van der Waals surface area contributed by atoms with Gasteiger partial charge in [-0.2, -0.15) is 0 Å². The summed E-state index contributed by atoms with van der Waals surface area (Å²) in [5.41, 5.74) is 0. The minimum atomic E-state index is -1.06. The van der Waals surface area contributed by atoms with Gasteiger partial charge < -0.3 is 10.2 Å². The van der Waals surface area contributed by atoms with Gasteiger partial charge in [-0.25, -0.2) is 0 Å². The van der Waals surface area contributed by atoms with Crippen LogP contribution in [0.4, 0.5) is 0 Å². The van der Waals surface area contributed by atoms with Crippen molar-refractivity contribution in [1.82, 2.24) is 5.32 Å². The molecule has 0 spiro atoms. The second-order valence-corrected chi connectivity index (χ2v) is 1.39. The molecule has 0 aromatic rings. The first kappa shape index (κ1) is 17.7. The van der Waals surface area contributed by atoms with Gasteiger partial charge in [0.2, 0.25) is 0 Å². The number of hydrogen-bond donors (Lipinski definition) is 7. The Balaban J connectivity index is -0.000000218. The zero-order valence-electron chi connectivity index (χ0n) is 6.93. The van der Waals surface area contributed by atoms with Crippen LogP contribution in [0, 0.1) is 0 Å². The minimum absolute atomic E-state index is 0.313. The third kappa shape index (κ3) is 36.5. The van der Waals surface area contributed by atoms with Crippen LogP contribution in [0.2, 0.25) is 0 Å². The molecule has 0 bridgehead atoms. The largest absolute Gasteiger partial charge is 0.480 e. The van der Waals surface area contributed by atoms with E-state index < -0.39 is 11.9 Å².